The lowest BCUT2D eigenvalue weighted by molar-refractivity contribution is 0.0970. The van der Waals surface area contributed by atoms with Gasteiger partial charge in [0.1, 0.15) is 5.82 Å². The fourth-order valence-corrected chi connectivity index (χ4v) is 1.36. The van der Waals surface area contributed by atoms with Crippen molar-refractivity contribution in [3.63, 3.8) is 0 Å². The van der Waals surface area contributed by atoms with Crippen LogP contribution < -0.4 is 5.32 Å². The number of aromatic nitrogens is 2. The fourth-order valence-electron chi connectivity index (χ4n) is 1.36. The zero-order chi connectivity index (χ0) is 12.7. The summed E-state index contributed by atoms with van der Waals surface area (Å²) in [7, 11) is 1.64. The molecule has 0 aromatic carbocycles. The zero-order valence-electron chi connectivity index (χ0n) is 10.2. The summed E-state index contributed by atoms with van der Waals surface area (Å²) in [6, 6.07) is 0. The first-order valence-corrected chi connectivity index (χ1v) is 5.63. The summed E-state index contributed by atoms with van der Waals surface area (Å²) >= 11 is 0. The molecule has 17 heavy (non-hydrogen) atoms. The maximum atomic E-state index is 12.1. The normalized spacial score (nSPS) is 11.2. The molecule has 1 aromatic heterocycles. The molecule has 0 unspecified atom stereocenters. The first kappa shape index (κ1) is 13.8. The number of nitrogens with one attached hydrogen (secondary N) is 1. The van der Waals surface area contributed by atoms with Crippen LogP contribution in [0.25, 0.3) is 0 Å². The Morgan fingerprint density at radius 1 is 1.35 bits per heavy atom. The minimum absolute atomic E-state index is 0.252. The number of alkyl halides is 2. The molecule has 0 fully saturated rings. The van der Waals surface area contributed by atoms with E-state index in [1.54, 1.807) is 19.4 Å². The van der Waals surface area contributed by atoms with Gasteiger partial charge in [-0.1, -0.05) is 6.92 Å². The highest BCUT2D eigenvalue weighted by atomic mass is 19.3. The van der Waals surface area contributed by atoms with E-state index in [4.69, 9.17) is 0 Å². The molecule has 0 aliphatic heterocycles. The monoisotopic (exact) mass is 244 g/mol. The van der Waals surface area contributed by atoms with Gasteiger partial charge < -0.3 is 5.32 Å². The summed E-state index contributed by atoms with van der Waals surface area (Å²) in [4.78, 5) is 9.85. The average molecular weight is 244 g/mol. The number of anilines is 1. The molecule has 4 nitrogen and oxygen atoms in total. The highest BCUT2D eigenvalue weighted by molar-refractivity contribution is 5.30. The van der Waals surface area contributed by atoms with Gasteiger partial charge in [0.2, 0.25) is 0 Å². The summed E-state index contributed by atoms with van der Waals surface area (Å²) in [6.45, 7) is 3.04. The predicted molar refractivity (Wildman–Crippen MR) is 63.2 cm³/mol. The van der Waals surface area contributed by atoms with Crippen LogP contribution in [0, 0.1) is 0 Å². The van der Waals surface area contributed by atoms with E-state index in [2.05, 4.69) is 22.2 Å². The van der Waals surface area contributed by atoms with Crippen molar-refractivity contribution in [2.75, 3.05) is 25.5 Å². The summed E-state index contributed by atoms with van der Waals surface area (Å²) in [5, 5.41) is 3.10. The van der Waals surface area contributed by atoms with Crippen LogP contribution in [0.2, 0.25) is 0 Å². The van der Waals surface area contributed by atoms with Crippen LogP contribution in [0.1, 0.15) is 19.0 Å². The Bertz CT molecular complexity index is 316. The molecule has 0 saturated heterocycles. The van der Waals surface area contributed by atoms with Gasteiger partial charge in [0.05, 0.1) is 24.6 Å². The molecule has 1 rings (SSSR count). The van der Waals surface area contributed by atoms with Crippen molar-refractivity contribution in [2.24, 2.45) is 0 Å². The van der Waals surface area contributed by atoms with Crippen molar-refractivity contribution in [3.05, 3.63) is 18.1 Å². The number of hydrogen-bond acceptors (Lipinski definition) is 4. The highest BCUT2D eigenvalue weighted by Gasteiger charge is 2.08. The van der Waals surface area contributed by atoms with Gasteiger partial charge in [-0.3, -0.25) is 9.88 Å². The summed E-state index contributed by atoms with van der Waals surface area (Å²) < 4.78 is 24.2. The van der Waals surface area contributed by atoms with Gasteiger partial charge >= 0.3 is 0 Å². The molecule has 0 aliphatic carbocycles. The molecule has 0 bridgehead atoms. The standard InChI is InChI=1S/C11H18F2N4/c1-3-4-14-11-6-15-9(5-16-11)7-17(2)8-10(12)13/h5-6,10H,3-4,7-8H2,1-2H3,(H,14,16). The Morgan fingerprint density at radius 3 is 2.65 bits per heavy atom. The highest BCUT2D eigenvalue weighted by Crippen LogP contribution is 2.04. The van der Waals surface area contributed by atoms with Crippen LogP contribution in [-0.2, 0) is 6.54 Å². The first-order chi connectivity index (χ1) is 8.11. The molecule has 6 heteroatoms. The van der Waals surface area contributed by atoms with Gasteiger partial charge in [0.25, 0.3) is 6.43 Å². The van der Waals surface area contributed by atoms with E-state index >= 15 is 0 Å². The van der Waals surface area contributed by atoms with E-state index in [9.17, 15) is 8.78 Å². The second-order valence-corrected chi connectivity index (χ2v) is 3.91. The van der Waals surface area contributed by atoms with Crippen molar-refractivity contribution in [2.45, 2.75) is 26.3 Å². The average Bonchev–Trinajstić information content (AvgIpc) is 2.27. The van der Waals surface area contributed by atoms with Crippen molar-refractivity contribution < 1.29 is 8.78 Å². The minimum Gasteiger partial charge on any atom is -0.369 e. The number of nitrogens with zero attached hydrogens (tertiary/aromatic N) is 3. The zero-order valence-corrected chi connectivity index (χ0v) is 10.2. The predicted octanol–water partition coefficient (Wildman–Crippen LogP) is 2.00. The molecule has 0 spiro atoms. The number of rotatable bonds is 7. The van der Waals surface area contributed by atoms with Crippen molar-refractivity contribution in [3.8, 4) is 0 Å². The van der Waals surface area contributed by atoms with Crippen LogP contribution in [0.15, 0.2) is 12.4 Å². The van der Waals surface area contributed by atoms with Crippen molar-refractivity contribution >= 4 is 5.82 Å². The lowest BCUT2D eigenvalue weighted by atomic mass is 10.4. The quantitative estimate of drug-likeness (QED) is 0.796. The fraction of sp³-hybridized carbons (Fsp3) is 0.636. The Hall–Kier alpha value is -1.30. The van der Waals surface area contributed by atoms with Gasteiger partial charge in [-0.05, 0) is 13.5 Å². The first-order valence-electron chi connectivity index (χ1n) is 5.63. The maximum absolute atomic E-state index is 12.1. The van der Waals surface area contributed by atoms with E-state index in [0.29, 0.717) is 18.1 Å². The molecule has 96 valence electrons. The molecule has 0 radical (unpaired) electrons. The largest absolute Gasteiger partial charge is 0.369 e. The van der Waals surface area contributed by atoms with Crippen LogP contribution >= 0.6 is 0 Å². The second kappa shape index (κ2) is 7.11. The summed E-state index contributed by atoms with van der Waals surface area (Å²) in [5.41, 5.74) is 0.690. The van der Waals surface area contributed by atoms with Crippen LogP contribution in [-0.4, -0.2) is 41.4 Å². The minimum atomic E-state index is -2.32. The molecular formula is C11H18F2N4. The third kappa shape index (κ3) is 5.53. The summed E-state index contributed by atoms with van der Waals surface area (Å²) in [5.74, 6) is 0.715. The SMILES string of the molecule is CCCNc1cnc(CN(C)CC(F)F)cn1. The Kier molecular flexibility index (Phi) is 5.76. The Balaban J connectivity index is 2.44. The summed E-state index contributed by atoms with van der Waals surface area (Å²) in [6.07, 6.45) is 1.93. The van der Waals surface area contributed by atoms with Gasteiger partial charge in [-0.15, -0.1) is 0 Å². The maximum Gasteiger partial charge on any atom is 0.251 e. The molecule has 0 amide bonds. The lowest BCUT2D eigenvalue weighted by Crippen LogP contribution is -2.24. The number of halogens is 2. The van der Waals surface area contributed by atoms with Crippen molar-refractivity contribution in [1.82, 2.24) is 14.9 Å². The molecule has 0 saturated carbocycles. The second-order valence-electron chi connectivity index (χ2n) is 3.91. The van der Waals surface area contributed by atoms with Crippen LogP contribution in [0.4, 0.5) is 14.6 Å². The molecular weight excluding hydrogens is 226 g/mol. The molecule has 1 heterocycles. The van der Waals surface area contributed by atoms with E-state index < -0.39 is 6.43 Å². The van der Waals surface area contributed by atoms with E-state index in [1.165, 1.54) is 4.90 Å². The van der Waals surface area contributed by atoms with E-state index in [1.807, 2.05) is 0 Å². The van der Waals surface area contributed by atoms with Gasteiger partial charge in [-0.2, -0.15) is 0 Å². The van der Waals surface area contributed by atoms with Crippen LogP contribution in [0.3, 0.4) is 0 Å². The lowest BCUT2D eigenvalue weighted by Gasteiger charge is -2.15. The molecule has 1 N–H and O–H groups in total. The van der Waals surface area contributed by atoms with Gasteiger partial charge in [-0.25, -0.2) is 13.8 Å². The van der Waals surface area contributed by atoms with Crippen LogP contribution in [0.5, 0.6) is 0 Å². The molecule has 0 atom stereocenters. The smallest absolute Gasteiger partial charge is 0.251 e. The molecule has 1 aromatic rings. The molecule has 0 aliphatic rings. The number of hydrogen-bond donors (Lipinski definition) is 1. The Morgan fingerprint density at radius 2 is 2.12 bits per heavy atom. The third-order valence-electron chi connectivity index (χ3n) is 2.14. The van der Waals surface area contributed by atoms with Crippen molar-refractivity contribution in [1.29, 1.82) is 0 Å². The topological polar surface area (TPSA) is 41.1 Å². The van der Waals surface area contributed by atoms with Gasteiger partial charge in [0.15, 0.2) is 0 Å². The van der Waals surface area contributed by atoms with E-state index in [-0.39, 0.29) is 6.54 Å². The Labute approximate surface area is 100 Å². The van der Waals surface area contributed by atoms with Gasteiger partial charge in [0, 0.05) is 13.1 Å². The van der Waals surface area contributed by atoms with E-state index in [0.717, 1.165) is 13.0 Å². The third-order valence-corrected chi connectivity index (χ3v) is 2.14.